The largest absolute Gasteiger partial charge is 0.481 e. The second-order valence-corrected chi connectivity index (χ2v) is 14.5. The summed E-state index contributed by atoms with van der Waals surface area (Å²) in [5.41, 5.74) is 0. The highest BCUT2D eigenvalue weighted by Gasteiger charge is 2.33. The number of rotatable bonds is 34. The van der Waals surface area contributed by atoms with E-state index in [1.165, 1.54) is 0 Å². The molecule has 0 unspecified atom stereocenters. The number of carbonyl (C=O) groups is 12. The van der Waals surface area contributed by atoms with E-state index in [4.69, 9.17) is 5.11 Å². The Morgan fingerprint density at radius 1 is 0.426 bits per heavy atom. The van der Waals surface area contributed by atoms with E-state index >= 15 is 0 Å². The van der Waals surface area contributed by atoms with E-state index in [1.54, 1.807) is 0 Å². The van der Waals surface area contributed by atoms with Gasteiger partial charge in [-0.3, -0.25) is 33.6 Å². The van der Waals surface area contributed by atoms with Gasteiger partial charge in [-0.1, -0.05) is 51.4 Å². The van der Waals surface area contributed by atoms with Crippen LogP contribution in [0.2, 0.25) is 0 Å². The molecule has 0 aromatic rings. The van der Waals surface area contributed by atoms with Gasteiger partial charge < -0.3 is 51.6 Å². The molecule has 0 aliphatic carbocycles. The Bertz CT molecular complexity index is 1570. The van der Waals surface area contributed by atoms with Crippen LogP contribution in [0.4, 0.5) is 0 Å². The summed E-state index contributed by atoms with van der Waals surface area (Å²) in [6.07, 6.45) is 4.40. The van der Waals surface area contributed by atoms with Crippen LogP contribution in [-0.2, 0) is 62.4 Å². The molecule has 0 spiro atoms. The molecular weight excluding hydrogens is 814 g/mol. The fraction of sp³-hybridized carbons (Fsp3) is 0.684. The third-order valence-electron chi connectivity index (χ3n) is 9.39. The normalized spacial score (nSPS) is 14.2. The lowest BCUT2D eigenvalue weighted by atomic mass is 10.0. The molecule has 0 bridgehead atoms. The molecule has 0 aromatic heterocycles. The summed E-state index contributed by atoms with van der Waals surface area (Å²) in [5, 5.41) is 55.7. The smallest absolute Gasteiger partial charge is 0.333 e. The molecule has 1 heterocycles. The Morgan fingerprint density at radius 2 is 0.705 bits per heavy atom. The molecule has 1 fully saturated rings. The molecule has 9 N–H and O–H groups in total. The van der Waals surface area contributed by atoms with Gasteiger partial charge in [-0.2, -0.15) is 0 Å². The van der Waals surface area contributed by atoms with Crippen molar-refractivity contribution in [2.75, 3.05) is 0 Å². The number of unbranched alkanes of at least 4 members (excludes halogenated alkanes) is 9. The molecule has 0 aromatic carbocycles. The van der Waals surface area contributed by atoms with Crippen molar-refractivity contribution in [3.05, 3.63) is 0 Å². The lowest BCUT2D eigenvalue weighted by Crippen LogP contribution is -2.45. The van der Waals surface area contributed by atoms with Crippen molar-refractivity contribution in [3.8, 4) is 0 Å². The van der Waals surface area contributed by atoms with Gasteiger partial charge in [0.1, 0.15) is 24.2 Å². The van der Waals surface area contributed by atoms with Crippen LogP contribution in [0.3, 0.4) is 0 Å². The van der Waals surface area contributed by atoms with Crippen LogP contribution in [-0.4, -0.2) is 126 Å². The molecule has 23 heteroatoms. The first-order valence-corrected chi connectivity index (χ1v) is 20.2. The molecule has 4 atom stereocenters. The maximum atomic E-state index is 12.5. The zero-order chi connectivity index (χ0) is 45.9. The van der Waals surface area contributed by atoms with Gasteiger partial charge in [-0.25, -0.2) is 24.0 Å². The first-order chi connectivity index (χ1) is 28.8. The van der Waals surface area contributed by atoms with Gasteiger partial charge in [0.25, 0.3) is 11.8 Å². The summed E-state index contributed by atoms with van der Waals surface area (Å²) < 4.78 is 0. The Morgan fingerprint density at radius 3 is 1.02 bits per heavy atom. The van der Waals surface area contributed by atoms with E-state index in [2.05, 4.69) is 26.1 Å². The van der Waals surface area contributed by atoms with Crippen LogP contribution < -0.4 is 21.3 Å². The number of amides is 6. The molecule has 342 valence electrons. The first kappa shape index (κ1) is 52.9. The van der Waals surface area contributed by atoms with Crippen molar-refractivity contribution in [2.45, 2.75) is 165 Å². The number of hydrogen-bond donors (Lipinski definition) is 9. The van der Waals surface area contributed by atoms with Gasteiger partial charge in [0.15, 0.2) is 0 Å². The highest BCUT2D eigenvalue weighted by atomic mass is 16.7. The number of hydroxylamine groups is 2. The van der Waals surface area contributed by atoms with Crippen molar-refractivity contribution >= 4 is 71.3 Å². The van der Waals surface area contributed by atoms with Crippen LogP contribution in [0, 0.1) is 0 Å². The minimum absolute atomic E-state index is 0.0688. The summed E-state index contributed by atoms with van der Waals surface area (Å²) in [6, 6.07) is -6.41. The first-order valence-electron chi connectivity index (χ1n) is 20.2. The summed E-state index contributed by atoms with van der Waals surface area (Å²) in [5.74, 6) is -12.9. The van der Waals surface area contributed by atoms with Crippen molar-refractivity contribution in [1.29, 1.82) is 0 Å². The van der Waals surface area contributed by atoms with Crippen LogP contribution >= 0.6 is 0 Å². The average molecular weight is 872 g/mol. The second-order valence-electron chi connectivity index (χ2n) is 14.5. The van der Waals surface area contributed by atoms with E-state index in [-0.39, 0.29) is 37.2 Å². The van der Waals surface area contributed by atoms with Crippen LogP contribution in [0.15, 0.2) is 0 Å². The third kappa shape index (κ3) is 23.9. The molecule has 23 nitrogen and oxygen atoms in total. The van der Waals surface area contributed by atoms with Crippen LogP contribution in [0.5, 0.6) is 0 Å². The molecular formula is C38H57N5O18. The second kappa shape index (κ2) is 29.1. The Labute approximate surface area is 350 Å². The summed E-state index contributed by atoms with van der Waals surface area (Å²) in [6.45, 7) is 0. The predicted octanol–water partition coefficient (Wildman–Crippen LogP) is 0.758. The van der Waals surface area contributed by atoms with E-state index < -0.39 is 140 Å². The molecule has 1 aliphatic rings. The van der Waals surface area contributed by atoms with Gasteiger partial charge in [-0.05, 0) is 38.5 Å². The van der Waals surface area contributed by atoms with E-state index in [9.17, 15) is 78.0 Å². The highest BCUT2D eigenvalue weighted by Crippen LogP contribution is 2.15. The van der Waals surface area contributed by atoms with E-state index in [0.717, 1.165) is 51.4 Å². The zero-order valence-corrected chi connectivity index (χ0v) is 33.9. The van der Waals surface area contributed by atoms with Gasteiger partial charge in [-0.15, -0.1) is 5.06 Å². The number of carboxylic acids is 5. The van der Waals surface area contributed by atoms with Crippen molar-refractivity contribution < 1.29 is 87.9 Å². The third-order valence-corrected chi connectivity index (χ3v) is 9.39. The van der Waals surface area contributed by atoms with Crippen LogP contribution in [0.1, 0.15) is 141 Å². The van der Waals surface area contributed by atoms with Crippen molar-refractivity contribution in [2.24, 2.45) is 0 Å². The fourth-order valence-electron chi connectivity index (χ4n) is 5.97. The lowest BCUT2D eigenvalue weighted by molar-refractivity contribution is -0.197. The topological polar surface area (TPSA) is 367 Å². The van der Waals surface area contributed by atoms with E-state index in [1.807, 2.05) is 0 Å². The maximum absolute atomic E-state index is 12.5. The van der Waals surface area contributed by atoms with Gasteiger partial charge >= 0.3 is 35.8 Å². The molecule has 1 saturated heterocycles. The molecule has 61 heavy (non-hydrogen) atoms. The zero-order valence-electron chi connectivity index (χ0n) is 33.9. The number of imide groups is 1. The molecule has 0 radical (unpaired) electrons. The number of nitrogens with one attached hydrogen (secondary N) is 4. The molecule has 0 saturated carbocycles. The Balaban J connectivity index is 2.45. The Kier molecular flexibility index (Phi) is 25.2. The summed E-state index contributed by atoms with van der Waals surface area (Å²) in [7, 11) is 0. The molecule has 6 amide bonds. The minimum Gasteiger partial charge on any atom is -0.481 e. The number of nitrogens with zero attached hydrogens (tertiary/aromatic N) is 1. The van der Waals surface area contributed by atoms with Gasteiger partial charge in [0.2, 0.25) is 23.6 Å². The average Bonchev–Trinajstić information content (AvgIpc) is 3.49. The standard InChI is InChI=1S/C38H57N5O18/c44-27(11-9-7-5-3-1-2-4-6-8-10-12-33(50)51)39-23(35(53)54)13-17-28(45)40-24(36(55)56)14-18-29(46)41-25(37(57)58)15-19-30(47)42-26(38(59)60)16-22-34(52)61-43-31(48)20-21-32(43)49/h23-26H,1-22H2,(H,39,44)(H,40,45)(H,41,46)(H,42,47)(H,50,51)(H,53,54)(H,55,56)(H,57,58)(H,59,60)/t23-,24-,25-,26-/m0/s1. The lowest BCUT2D eigenvalue weighted by Gasteiger charge is -2.18. The maximum Gasteiger partial charge on any atom is 0.333 e. The quantitative estimate of drug-likeness (QED) is 0.0318. The minimum atomic E-state index is -1.68. The van der Waals surface area contributed by atoms with Crippen molar-refractivity contribution in [1.82, 2.24) is 26.3 Å². The van der Waals surface area contributed by atoms with Crippen LogP contribution in [0.25, 0.3) is 0 Å². The molecule has 1 rings (SSSR count). The summed E-state index contributed by atoms with van der Waals surface area (Å²) in [4.78, 5) is 147. The number of hydrogen-bond acceptors (Lipinski definition) is 13. The number of carboxylic acid groups (broad SMARTS) is 5. The number of aliphatic carboxylic acids is 5. The monoisotopic (exact) mass is 871 g/mol. The number of carbonyl (C=O) groups excluding carboxylic acids is 7. The van der Waals surface area contributed by atoms with E-state index in [0.29, 0.717) is 12.8 Å². The van der Waals surface area contributed by atoms with Gasteiger partial charge in [0, 0.05) is 44.9 Å². The predicted molar refractivity (Wildman–Crippen MR) is 205 cm³/mol. The Hall–Kier alpha value is -6.16. The summed E-state index contributed by atoms with van der Waals surface area (Å²) >= 11 is 0. The highest BCUT2D eigenvalue weighted by molar-refractivity contribution is 6.01. The fourth-order valence-corrected chi connectivity index (χ4v) is 5.97. The van der Waals surface area contributed by atoms with Gasteiger partial charge in [0.05, 0.1) is 6.42 Å². The molecule has 1 aliphatic heterocycles. The van der Waals surface area contributed by atoms with Crippen molar-refractivity contribution in [3.63, 3.8) is 0 Å². The SMILES string of the molecule is O=C(O)CCCCCCCCCCCCC(=O)N[C@@H](CCC(=O)N[C@@H](CCC(=O)N[C@@H](CCC(=O)N[C@@H](CCC(=O)ON1C(=O)CCC1=O)C(=O)O)C(=O)O)C(=O)O)C(=O)O.